The van der Waals surface area contributed by atoms with Crippen molar-refractivity contribution in [3.05, 3.63) is 33.8 Å². The van der Waals surface area contributed by atoms with Gasteiger partial charge in [-0.1, -0.05) is 56.8 Å². The third-order valence-electron chi connectivity index (χ3n) is 8.66. The molecule has 2 atom stereocenters. The zero-order chi connectivity index (χ0) is 32.5. The summed E-state index contributed by atoms with van der Waals surface area (Å²) in [7, 11) is 0. The number of halogens is 2. The molecule has 1 heterocycles. The van der Waals surface area contributed by atoms with Crippen LogP contribution in [0.2, 0.25) is 10.0 Å². The van der Waals surface area contributed by atoms with Crippen molar-refractivity contribution in [2.45, 2.75) is 103 Å². The fraction of sp³-hybridized carbons (Fsp3) is 0.656. The summed E-state index contributed by atoms with van der Waals surface area (Å²) in [6, 6.07) is 2.36. The van der Waals surface area contributed by atoms with Crippen molar-refractivity contribution in [1.29, 1.82) is 0 Å². The van der Waals surface area contributed by atoms with E-state index in [2.05, 4.69) is 16.0 Å². The molecule has 244 valence electrons. The highest BCUT2D eigenvalue weighted by Gasteiger charge is 2.39. The third kappa shape index (κ3) is 11.3. The topological polar surface area (TPSA) is 145 Å². The van der Waals surface area contributed by atoms with E-state index in [1.807, 2.05) is 20.8 Å². The van der Waals surface area contributed by atoms with Crippen molar-refractivity contribution >= 4 is 52.8 Å². The lowest BCUT2D eigenvalue weighted by Gasteiger charge is -2.40. The normalized spacial score (nSPS) is 17.5. The summed E-state index contributed by atoms with van der Waals surface area (Å²) in [4.78, 5) is 65.7. The van der Waals surface area contributed by atoms with E-state index in [-0.39, 0.29) is 52.6 Å². The van der Waals surface area contributed by atoms with Crippen molar-refractivity contribution in [3.8, 4) is 0 Å². The smallest absolute Gasteiger partial charge is 0.303 e. The van der Waals surface area contributed by atoms with E-state index in [0.717, 1.165) is 12.8 Å². The average molecular weight is 654 g/mol. The second-order valence-electron chi connectivity index (χ2n) is 13.4. The number of rotatable bonds is 13. The summed E-state index contributed by atoms with van der Waals surface area (Å²) in [5.41, 5.74) is 0.473. The minimum absolute atomic E-state index is 0.0103. The Morgan fingerprint density at radius 2 is 1.48 bits per heavy atom. The van der Waals surface area contributed by atoms with Crippen molar-refractivity contribution in [2.24, 2.45) is 10.8 Å². The SMILES string of the molecule is CC(C)(C)CCNC(=O)[C@H](CCC(=O)O)NC(=O)CC[C@@H](NC(=O)c1cc(Cl)cc(Cl)c1)C(=O)N1CCC2(CCCC2)CC1. The maximum absolute atomic E-state index is 13.7. The number of hydrogen-bond acceptors (Lipinski definition) is 5. The van der Waals surface area contributed by atoms with Crippen molar-refractivity contribution in [2.75, 3.05) is 19.6 Å². The molecular formula is C32H46Cl2N4O6. The number of benzene rings is 1. The molecule has 0 unspecified atom stereocenters. The predicted molar refractivity (Wildman–Crippen MR) is 170 cm³/mol. The van der Waals surface area contributed by atoms with Gasteiger partial charge in [0.25, 0.3) is 5.91 Å². The molecule has 2 fully saturated rings. The summed E-state index contributed by atoms with van der Waals surface area (Å²) < 4.78 is 0. The number of carboxylic acid groups (broad SMARTS) is 1. The number of nitrogens with zero attached hydrogens (tertiary/aromatic N) is 1. The summed E-state index contributed by atoms with van der Waals surface area (Å²) in [5.74, 6) is -2.88. The second kappa shape index (κ2) is 15.9. The van der Waals surface area contributed by atoms with Crippen molar-refractivity contribution in [1.82, 2.24) is 20.9 Å². The van der Waals surface area contributed by atoms with E-state index in [1.54, 1.807) is 4.90 Å². The molecule has 4 N–H and O–H groups in total. The van der Waals surface area contributed by atoms with E-state index in [0.29, 0.717) is 31.5 Å². The zero-order valence-corrected chi connectivity index (χ0v) is 27.5. The lowest BCUT2D eigenvalue weighted by molar-refractivity contribution is -0.138. The summed E-state index contributed by atoms with van der Waals surface area (Å²) in [5, 5.41) is 17.9. The molecule has 4 amide bonds. The van der Waals surface area contributed by atoms with Gasteiger partial charge < -0.3 is 26.0 Å². The number of likely N-dealkylation sites (tertiary alicyclic amines) is 1. The van der Waals surface area contributed by atoms with Crippen LogP contribution in [0.15, 0.2) is 18.2 Å². The standard InChI is InChI=1S/C32H46Cl2N4O6/c1-31(2,3)12-15-35-29(43)24(7-9-27(40)41)36-26(39)8-6-25(37-28(42)21-18-22(33)20-23(34)19-21)30(44)38-16-13-32(14-17-38)10-4-5-11-32/h18-20,24-25H,4-17H2,1-3H3,(H,35,43)(H,36,39)(H,37,42)(H,40,41)/t24-,25+/m0/s1. The van der Waals surface area contributed by atoms with Crippen molar-refractivity contribution < 1.29 is 29.1 Å². The summed E-state index contributed by atoms with van der Waals surface area (Å²) >= 11 is 12.2. The van der Waals surface area contributed by atoms with E-state index >= 15 is 0 Å². The van der Waals surface area contributed by atoms with Gasteiger partial charge in [0, 0.05) is 48.1 Å². The molecule has 1 spiro atoms. The summed E-state index contributed by atoms with van der Waals surface area (Å²) in [6.07, 6.45) is 6.77. The molecule has 0 radical (unpaired) electrons. The van der Waals surface area contributed by atoms with Gasteiger partial charge in [-0.25, -0.2) is 0 Å². The highest BCUT2D eigenvalue weighted by Crippen LogP contribution is 2.46. The Labute approximate surface area is 270 Å². The van der Waals surface area contributed by atoms with Gasteiger partial charge in [0.2, 0.25) is 17.7 Å². The Morgan fingerprint density at radius 1 is 0.886 bits per heavy atom. The van der Waals surface area contributed by atoms with Crippen LogP contribution in [0.25, 0.3) is 0 Å². The monoisotopic (exact) mass is 652 g/mol. The largest absolute Gasteiger partial charge is 0.481 e. The van der Waals surface area contributed by atoms with E-state index in [1.165, 1.54) is 43.9 Å². The van der Waals surface area contributed by atoms with Crippen LogP contribution in [0, 0.1) is 10.8 Å². The maximum atomic E-state index is 13.7. The van der Waals surface area contributed by atoms with Crippen LogP contribution >= 0.6 is 23.2 Å². The van der Waals surface area contributed by atoms with Crippen LogP contribution in [-0.2, 0) is 19.2 Å². The molecule has 1 saturated carbocycles. The number of carboxylic acids is 1. The fourth-order valence-corrected chi connectivity index (χ4v) is 6.52. The Balaban J connectivity index is 1.68. The first kappa shape index (κ1) is 35.6. The minimum Gasteiger partial charge on any atom is -0.481 e. The third-order valence-corrected chi connectivity index (χ3v) is 9.10. The van der Waals surface area contributed by atoms with Gasteiger partial charge in [0.15, 0.2) is 0 Å². The summed E-state index contributed by atoms with van der Waals surface area (Å²) in [6.45, 7) is 7.68. The molecule has 0 bridgehead atoms. The van der Waals surface area contributed by atoms with Gasteiger partial charge in [-0.3, -0.25) is 24.0 Å². The molecule has 44 heavy (non-hydrogen) atoms. The highest BCUT2D eigenvalue weighted by atomic mass is 35.5. The van der Waals surface area contributed by atoms with Gasteiger partial charge in [0.05, 0.1) is 0 Å². The van der Waals surface area contributed by atoms with E-state index in [4.69, 9.17) is 28.3 Å². The second-order valence-corrected chi connectivity index (χ2v) is 14.3. The van der Waals surface area contributed by atoms with Crippen LogP contribution in [-0.4, -0.2) is 71.3 Å². The van der Waals surface area contributed by atoms with Gasteiger partial charge in [-0.2, -0.15) is 0 Å². The molecule has 0 aromatic heterocycles. The number of carbonyl (C=O) groups is 5. The molecule has 3 rings (SSSR count). The van der Waals surface area contributed by atoms with E-state index in [9.17, 15) is 24.0 Å². The van der Waals surface area contributed by atoms with Gasteiger partial charge >= 0.3 is 5.97 Å². The van der Waals surface area contributed by atoms with Crippen LogP contribution in [0.3, 0.4) is 0 Å². The molecule has 1 aliphatic carbocycles. The lowest BCUT2D eigenvalue weighted by atomic mass is 9.77. The fourth-order valence-electron chi connectivity index (χ4n) is 5.99. The zero-order valence-electron chi connectivity index (χ0n) is 26.0. The first-order valence-corrected chi connectivity index (χ1v) is 16.3. The maximum Gasteiger partial charge on any atom is 0.303 e. The Hall–Kier alpha value is -2.85. The molecule has 10 nitrogen and oxygen atoms in total. The minimum atomic E-state index is -1.08. The average Bonchev–Trinajstić information content (AvgIpc) is 3.39. The Bertz CT molecular complexity index is 1180. The lowest BCUT2D eigenvalue weighted by Crippen LogP contribution is -2.52. The quantitative estimate of drug-likeness (QED) is 0.237. The molecule has 1 aliphatic heterocycles. The molecule has 2 aliphatic rings. The molecule has 1 saturated heterocycles. The first-order chi connectivity index (χ1) is 20.7. The number of aliphatic carboxylic acids is 1. The number of hydrogen-bond donors (Lipinski definition) is 4. The van der Waals surface area contributed by atoms with Crippen molar-refractivity contribution in [3.63, 3.8) is 0 Å². The van der Waals surface area contributed by atoms with Crippen LogP contribution in [0.5, 0.6) is 0 Å². The highest BCUT2D eigenvalue weighted by molar-refractivity contribution is 6.35. The van der Waals surface area contributed by atoms with Gasteiger partial charge in [-0.05, 0) is 74.0 Å². The number of nitrogens with one attached hydrogen (secondary N) is 3. The number of carbonyl (C=O) groups excluding carboxylic acids is 4. The number of amides is 4. The van der Waals surface area contributed by atoms with Crippen LogP contribution < -0.4 is 16.0 Å². The predicted octanol–water partition coefficient (Wildman–Crippen LogP) is 4.96. The first-order valence-electron chi connectivity index (χ1n) is 15.5. The molecule has 1 aromatic rings. The van der Waals surface area contributed by atoms with Crippen LogP contribution in [0.4, 0.5) is 0 Å². The Kier molecular flexibility index (Phi) is 12.9. The van der Waals surface area contributed by atoms with Gasteiger partial charge in [-0.15, -0.1) is 0 Å². The molecular weight excluding hydrogens is 607 g/mol. The molecule has 12 heteroatoms. The van der Waals surface area contributed by atoms with Gasteiger partial charge in [0.1, 0.15) is 12.1 Å². The van der Waals surface area contributed by atoms with E-state index < -0.39 is 35.8 Å². The van der Waals surface area contributed by atoms with Crippen LogP contribution in [0.1, 0.15) is 102 Å². The Morgan fingerprint density at radius 3 is 2.05 bits per heavy atom. The molecule has 1 aromatic carbocycles. The number of piperidine rings is 1.